The highest BCUT2D eigenvalue weighted by Gasteiger charge is 2.35. The van der Waals surface area contributed by atoms with Crippen LogP contribution in [0.2, 0.25) is 0 Å². The van der Waals surface area contributed by atoms with Crippen LogP contribution in [-0.2, 0) is 0 Å². The number of likely N-dealkylation sites (N-methyl/N-ethyl adjacent to an activating group) is 2. The zero-order valence-corrected chi connectivity index (χ0v) is 14.3. The van der Waals surface area contributed by atoms with Crippen molar-refractivity contribution in [2.75, 3.05) is 33.2 Å². The van der Waals surface area contributed by atoms with E-state index < -0.39 is 0 Å². The summed E-state index contributed by atoms with van der Waals surface area (Å²) in [7, 11) is 2.24. The summed E-state index contributed by atoms with van der Waals surface area (Å²) in [5.74, 6) is 0. The molecule has 1 aromatic rings. The van der Waals surface area contributed by atoms with Gasteiger partial charge in [-0.3, -0.25) is 9.80 Å². The van der Waals surface area contributed by atoms with Gasteiger partial charge in [-0.1, -0.05) is 37.3 Å². The number of hydrogen-bond donors (Lipinski definition) is 1. The van der Waals surface area contributed by atoms with Crippen LogP contribution in [-0.4, -0.2) is 54.6 Å². The van der Waals surface area contributed by atoms with Gasteiger partial charge in [0.15, 0.2) is 0 Å². The van der Waals surface area contributed by atoms with E-state index in [-0.39, 0.29) is 5.54 Å². The number of nitrogens with zero attached hydrogens (tertiary/aromatic N) is 2. The average molecular weight is 289 g/mol. The first-order valence-corrected chi connectivity index (χ1v) is 8.19. The molecule has 2 rings (SSSR count). The molecule has 1 heterocycles. The van der Waals surface area contributed by atoms with Crippen LogP contribution in [0.25, 0.3) is 0 Å². The molecule has 0 amide bonds. The van der Waals surface area contributed by atoms with Crippen molar-refractivity contribution >= 4 is 0 Å². The molecule has 2 unspecified atom stereocenters. The molecule has 118 valence electrons. The van der Waals surface area contributed by atoms with Crippen molar-refractivity contribution in [1.29, 1.82) is 0 Å². The summed E-state index contributed by atoms with van der Waals surface area (Å²) in [6.45, 7) is 13.7. The number of nitrogens with one attached hydrogen (secondary N) is 1. The van der Waals surface area contributed by atoms with Crippen molar-refractivity contribution in [3.8, 4) is 0 Å². The van der Waals surface area contributed by atoms with Gasteiger partial charge in [0, 0.05) is 37.3 Å². The molecule has 3 heteroatoms. The van der Waals surface area contributed by atoms with Crippen molar-refractivity contribution in [3.05, 3.63) is 35.9 Å². The van der Waals surface area contributed by atoms with Crippen LogP contribution in [0, 0.1) is 0 Å². The fraction of sp³-hybridized carbons (Fsp3) is 0.667. The molecule has 1 aliphatic rings. The molecule has 1 saturated heterocycles. The van der Waals surface area contributed by atoms with Gasteiger partial charge in [0.1, 0.15) is 0 Å². The normalized spacial score (nSPS) is 22.9. The van der Waals surface area contributed by atoms with Crippen LogP contribution in [0.5, 0.6) is 0 Å². The lowest BCUT2D eigenvalue weighted by Crippen LogP contribution is -2.60. The second-order valence-electron chi connectivity index (χ2n) is 6.89. The highest BCUT2D eigenvalue weighted by Crippen LogP contribution is 2.26. The largest absolute Gasteiger partial charge is 0.309 e. The molecule has 0 spiro atoms. The minimum absolute atomic E-state index is 0.250. The van der Waals surface area contributed by atoms with E-state index in [1.165, 1.54) is 5.56 Å². The molecule has 1 fully saturated rings. The Bertz CT molecular complexity index is 429. The Kier molecular flexibility index (Phi) is 5.42. The maximum atomic E-state index is 3.68. The maximum absolute atomic E-state index is 3.68. The SMILES string of the molecule is CCNC(c1ccccc1)C(C)N1CCN(C)C(C)(C)C1. The Morgan fingerprint density at radius 2 is 1.86 bits per heavy atom. The quantitative estimate of drug-likeness (QED) is 0.899. The zero-order valence-electron chi connectivity index (χ0n) is 14.3. The van der Waals surface area contributed by atoms with Gasteiger partial charge in [-0.25, -0.2) is 0 Å². The van der Waals surface area contributed by atoms with E-state index in [1.807, 2.05) is 0 Å². The average Bonchev–Trinajstić information content (AvgIpc) is 2.48. The minimum atomic E-state index is 0.250. The third-order valence-corrected chi connectivity index (χ3v) is 4.99. The van der Waals surface area contributed by atoms with Crippen LogP contribution in [0.1, 0.15) is 39.3 Å². The highest BCUT2D eigenvalue weighted by atomic mass is 15.3. The summed E-state index contributed by atoms with van der Waals surface area (Å²) in [6.07, 6.45) is 0. The van der Waals surface area contributed by atoms with E-state index in [2.05, 4.69) is 80.2 Å². The van der Waals surface area contributed by atoms with Gasteiger partial charge in [0.25, 0.3) is 0 Å². The van der Waals surface area contributed by atoms with E-state index in [4.69, 9.17) is 0 Å². The molecule has 0 aromatic heterocycles. The van der Waals surface area contributed by atoms with Gasteiger partial charge >= 0.3 is 0 Å². The second kappa shape index (κ2) is 6.91. The van der Waals surface area contributed by atoms with Gasteiger partial charge in [0.05, 0.1) is 0 Å². The van der Waals surface area contributed by atoms with Crippen LogP contribution in [0.3, 0.4) is 0 Å². The topological polar surface area (TPSA) is 18.5 Å². The monoisotopic (exact) mass is 289 g/mol. The van der Waals surface area contributed by atoms with Crippen molar-refractivity contribution < 1.29 is 0 Å². The smallest absolute Gasteiger partial charge is 0.0475 e. The van der Waals surface area contributed by atoms with Crippen molar-refractivity contribution in [3.63, 3.8) is 0 Å². The fourth-order valence-corrected chi connectivity index (χ4v) is 3.28. The van der Waals surface area contributed by atoms with Crippen LogP contribution < -0.4 is 5.32 Å². The number of hydrogen-bond acceptors (Lipinski definition) is 3. The molecule has 0 radical (unpaired) electrons. The van der Waals surface area contributed by atoms with E-state index in [0.29, 0.717) is 12.1 Å². The Hall–Kier alpha value is -0.900. The summed E-state index contributed by atoms with van der Waals surface area (Å²) < 4.78 is 0. The fourth-order valence-electron chi connectivity index (χ4n) is 3.28. The summed E-state index contributed by atoms with van der Waals surface area (Å²) in [4.78, 5) is 5.11. The third-order valence-electron chi connectivity index (χ3n) is 4.99. The molecule has 1 aromatic carbocycles. The predicted octanol–water partition coefficient (Wildman–Crippen LogP) is 2.75. The molecule has 3 nitrogen and oxygen atoms in total. The lowest BCUT2D eigenvalue weighted by Gasteiger charge is -2.48. The van der Waals surface area contributed by atoms with Crippen LogP contribution >= 0.6 is 0 Å². The van der Waals surface area contributed by atoms with Gasteiger partial charge in [-0.15, -0.1) is 0 Å². The molecule has 2 atom stereocenters. The first-order chi connectivity index (χ1) is 9.95. The highest BCUT2D eigenvalue weighted by molar-refractivity contribution is 5.20. The van der Waals surface area contributed by atoms with Crippen LogP contribution in [0.4, 0.5) is 0 Å². The van der Waals surface area contributed by atoms with Gasteiger partial charge in [0.2, 0.25) is 0 Å². The van der Waals surface area contributed by atoms with Crippen molar-refractivity contribution in [2.45, 2.75) is 45.3 Å². The standard InChI is InChI=1S/C18H31N3/c1-6-19-17(16-10-8-7-9-11-16)15(2)21-13-12-20(5)18(3,4)14-21/h7-11,15,17,19H,6,12-14H2,1-5H3. The Balaban J connectivity index is 2.14. The Morgan fingerprint density at radius 1 is 1.19 bits per heavy atom. The number of piperazine rings is 1. The first-order valence-electron chi connectivity index (χ1n) is 8.19. The summed E-state index contributed by atoms with van der Waals surface area (Å²) in [5, 5.41) is 3.68. The van der Waals surface area contributed by atoms with E-state index in [9.17, 15) is 0 Å². The summed E-state index contributed by atoms with van der Waals surface area (Å²) >= 11 is 0. The summed E-state index contributed by atoms with van der Waals surface area (Å²) in [5.41, 5.74) is 1.64. The van der Waals surface area contributed by atoms with Crippen molar-refractivity contribution in [1.82, 2.24) is 15.1 Å². The van der Waals surface area contributed by atoms with Gasteiger partial charge in [-0.05, 0) is 39.9 Å². The molecule has 1 aliphatic heterocycles. The zero-order chi connectivity index (χ0) is 15.5. The number of rotatable bonds is 5. The number of benzene rings is 1. The van der Waals surface area contributed by atoms with Gasteiger partial charge < -0.3 is 5.32 Å². The first kappa shape index (κ1) is 16.5. The lowest BCUT2D eigenvalue weighted by molar-refractivity contribution is 0.0118. The van der Waals surface area contributed by atoms with Crippen molar-refractivity contribution in [2.24, 2.45) is 0 Å². The van der Waals surface area contributed by atoms with Gasteiger partial charge in [-0.2, -0.15) is 0 Å². The van der Waals surface area contributed by atoms with E-state index in [1.54, 1.807) is 0 Å². The predicted molar refractivity (Wildman–Crippen MR) is 90.6 cm³/mol. The van der Waals surface area contributed by atoms with Crippen LogP contribution in [0.15, 0.2) is 30.3 Å². The Labute approximate surface area is 130 Å². The Morgan fingerprint density at radius 3 is 2.43 bits per heavy atom. The molecular formula is C18H31N3. The molecule has 21 heavy (non-hydrogen) atoms. The molecule has 0 saturated carbocycles. The molecule has 1 N–H and O–H groups in total. The third kappa shape index (κ3) is 3.85. The molecule has 0 bridgehead atoms. The molecule has 0 aliphatic carbocycles. The maximum Gasteiger partial charge on any atom is 0.0475 e. The second-order valence-corrected chi connectivity index (χ2v) is 6.89. The lowest BCUT2D eigenvalue weighted by atomic mass is 9.94. The molecular weight excluding hydrogens is 258 g/mol. The minimum Gasteiger partial charge on any atom is -0.309 e. The van der Waals surface area contributed by atoms with E-state index in [0.717, 1.165) is 26.2 Å². The van der Waals surface area contributed by atoms with E-state index >= 15 is 0 Å². The summed E-state index contributed by atoms with van der Waals surface area (Å²) in [6, 6.07) is 11.8.